The highest BCUT2D eigenvalue weighted by Crippen LogP contribution is 2.42. The Morgan fingerprint density at radius 2 is 1.70 bits per heavy atom. The van der Waals surface area contributed by atoms with Gasteiger partial charge in [0, 0.05) is 31.6 Å². The zero-order chi connectivity index (χ0) is 22.7. The molecule has 1 aliphatic carbocycles. The van der Waals surface area contributed by atoms with E-state index in [1.807, 2.05) is 34.6 Å². The molecular formula is C22H37F3N2O3. The second kappa shape index (κ2) is 9.77. The number of hydrogen-bond donors (Lipinski definition) is 0. The average Bonchev–Trinajstić information content (AvgIpc) is 2.63. The van der Waals surface area contributed by atoms with Gasteiger partial charge in [-0.2, -0.15) is 13.2 Å². The fourth-order valence-electron chi connectivity index (χ4n) is 4.56. The normalized spacial score (nSPS) is 25.9. The number of halogens is 3. The number of likely N-dealkylation sites (tertiary alicyclic amines) is 1. The van der Waals surface area contributed by atoms with Crippen LogP contribution in [-0.4, -0.2) is 59.3 Å². The first-order valence-corrected chi connectivity index (χ1v) is 11.1. The van der Waals surface area contributed by atoms with Gasteiger partial charge >= 0.3 is 12.3 Å². The second-order valence-electron chi connectivity index (χ2n) is 10.1. The number of amides is 2. The molecule has 3 atom stereocenters. The Morgan fingerprint density at radius 1 is 1.07 bits per heavy atom. The zero-order valence-corrected chi connectivity index (χ0v) is 18.9. The lowest BCUT2D eigenvalue weighted by atomic mass is 9.77. The summed E-state index contributed by atoms with van der Waals surface area (Å²) in [6, 6.07) is -0.0705. The van der Waals surface area contributed by atoms with Crippen LogP contribution in [0, 0.1) is 17.8 Å². The van der Waals surface area contributed by atoms with Crippen LogP contribution in [0.15, 0.2) is 0 Å². The van der Waals surface area contributed by atoms with Gasteiger partial charge in [-0.15, -0.1) is 0 Å². The molecule has 0 N–H and O–H groups in total. The molecule has 0 aromatic carbocycles. The van der Waals surface area contributed by atoms with Crippen molar-refractivity contribution < 1.29 is 27.5 Å². The van der Waals surface area contributed by atoms with E-state index >= 15 is 0 Å². The quantitative estimate of drug-likeness (QED) is 0.608. The Kier molecular flexibility index (Phi) is 8.08. The summed E-state index contributed by atoms with van der Waals surface area (Å²) < 4.78 is 45.9. The molecule has 1 aliphatic heterocycles. The molecule has 174 valence electrons. The van der Waals surface area contributed by atoms with E-state index in [2.05, 4.69) is 0 Å². The van der Waals surface area contributed by atoms with Crippen LogP contribution in [0.2, 0.25) is 0 Å². The fraction of sp³-hybridized carbons (Fsp3) is 0.909. The Bertz CT molecular complexity index is 601. The largest absolute Gasteiger partial charge is 0.444 e. The Labute approximate surface area is 178 Å². The van der Waals surface area contributed by atoms with E-state index in [1.165, 1.54) is 0 Å². The van der Waals surface area contributed by atoms with Gasteiger partial charge in [-0.05, 0) is 66.2 Å². The summed E-state index contributed by atoms with van der Waals surface area (Å²) >= 11 is 0. The third-order valence-corrected chi connectivity index (χ3v) is 6.04. The molecular weight excluding hydrogens is 397 g/mol. The molecule has 0 aromatic rings. The Morgan fingerprint density at radius 3 is 2.27 bits per heavy atom. The maximum Gasteiger partial charge on any atom is 0.410 e. The van der Waals surface area contributed by atoms with Gasteiger partial charge in [0.25, 0.3) is 0 Å². The number of carbonyl (C=O) groups is 2. The van der Waals surface area contributed by atoms with Crippen molar-refractivity contribution in [3.05, 3.63) is 0 Å². The molecule has 2 aliphatic rings. The number of nitrogens with zero attached hydrogens (tertiary/aromatic N) is 2. The Balaban J connectivity index is 2.04. The molecule has 0 aromatic heterocycles. The average molecular weight is 435 g/mol. The summed E-state index contributed by atoms with van der Waals surface area (Å²) in [4.78, 5) is 28.9. The molecule has 2 rings (SSSR count). The predicted molar refractivity (Wildman–Crippen MR) is 109 cm³/mol. The third kappa shape index (κ3) is 6.77. The van der Waals surface area contributed by atoms with Crippen LogP contribution in [0.4, 0.5) is 18.0 Å². The zero-order valence-electron chi connectivity index (χ0n) is 18.9. The van der Waals surface area contributed by atoms with Crippen molar-refractivity contribution in [2.75, 3.05) is 19.6 Å². The van der Waals surface area contributed by atoms with E-state index in [0.717, 1.165) is 12.8 Å². The molecule has 0 spiro atoms. The second-order valence-corrected chi connectivity index (χ2v) is 10.1. The highest BCUT2D eigenvalue weighted by molar-refractivity contribution is 5.79. The van der Waals surface area contributed by atoms with Crippen molar-refractivity contribution in [3.8, 4) is 0 Å². The lowest BCUT2D eigenvalue weighted by Crippen LogP contribution is -2.51. The molecule has 30 heavy (non-hydrogen) atoms. The van der Waals surface area contributed by atoms with Gasteiger partial charge in [-0.3, -0.25) is 4.79 Å². The molecule has 2 fully saturated rings. The Hall–Kier alpha value is -1.47. The van der Waals surface area contributed by atoms with Crippen LogP contribution in [0.1, 0.15) is 73.1 Å². The summed E-state index contributed by atoms with van der Waals surface area (Å²) in [5, 5.41) is 0. The monoisotopic (exact) mass is 434 g/mol. The first-order valence-electron chi connectivity index (χ1n) is 11.1. The van der Waals surface area contributed by atoms with Gasteiger partial charge in [0.1, 0.15) is 5.60 Å². The molecule has 5 nitrogen and oxygen atoms in total. The fourth-order valence-corrected chi connectivity index (χ4v) is 4.56. The van der Waals surface area contributed by atoms with E-state index in [-0.39, 0.29) is 24.3 Å². The number of alkyl halides is 3. The van der Waals surface area contributed by atoms with Gasteiger partial charge < -0.3 is 14.5 Å². The van der Waals surface area contributed by atoms with Crippen LogP contribution < -0.4 is 0 Å². The first-order chi connectivity index (χ1) is 13.8. The minimum Gasteiger partial charge on any atom is -0.444 e. The van der Waals surface area contributed by atoms with Crippen LogP contribution in [0.3, 0.4) is 0 Å². The van der Waals surface area contributed by atoms with Crippen molar-refractivity contribution in [3.63, 3.8) is 0 Å². The van der Waals surface area contributed by atoms with Crippen molar-refractivity contribution >= 4 is 12.0 Å². The molecule has 1 heterocycles. The van der Waals surface area contributed by atoms with Crippen molar-refractivity contribution in [2.45, 2.75) is 91.0 Å². The smallest absolute Gasteiger partial charge is 0.410 e. The summed E-state index contributed by atoms with van der Waals surface area (Å²) in [5.41, 5.74) is -0.605. The SMILES string of the molecule is CC(C)N(CC1CCCN(C(=O)C2CCCCC2C(F)(F)F)C1)C(=O)OC(C)(C)C. The minimum absolute atomic E-state index is 0.0329. The molecule has 3 unspecified atom stereocenters. The minimum atomic E-state index is -4.33. The van der Waals surface area contributed by atoms with Gasteiger partial charge in [-0.25, -0.2) is 4.79 Å². The summed E-state index contributed by atoms with van der Waals surface area (Å²) in [5.74, 6) is -2.83. The lowest BCUT2D eigenvalue weighted by Gasteiger charge is -2.40. The third-order valence-electron chi connectivity index (χ3n) is 6.04. The topological polar surface area (TPSA) is 49.9 Å². The van der Waals surface area contributed by atoms with E-state index in [9.17, 15) is 22.8 Å². The van der Waals surface area contributed by atoms with Gasteiger partial charge in [0.2, 0.25) is 5.91 Å². The van der Waals surface area contributed by atoms with E-state index in [1.54, 1.807) is 9.80 Å². The number of carbonyl (C=O) groups excluding carboxylic acids is 2. The van der Waals surface area contributed by atoms with Crippen LogP contribution in [0.25, 0.3) is 0 Å². The number of piperidine rings is 1. The van der Waals surface area contributed by atoms with Crippen LogP contribution in [-0.2, 0) is 9.53 Å². The first kappa shape index (κ1) is 24.8. The molecule has 0 bridgehead atoms. The summed E-state index contributed by atoms with van der Waals surface area (Å²) in [7, 11) is 0. The highest BCUT2D eigenvalue weighted by atomic mass is 19.4. The molecule has 2 amide bonds. The van der Waals surface area contributed by atoms with Crippen LogP contribution >= 0.6 is 0 Å². The van der Waals surface area contributed by atoms with Crippen molar-refractivity contribution in [2.24, 2.45) is 17.8 Å². The summed E-state index contributed by atoms with van der Waals surface area (Å²) in [6.07, 6.45) is -1.62. The van der Waals surface area contributed by atoms with E-state index < -0.39 is 29.7 Å². The number of hydrogen-bond acceptors (Lipinski definition) is 3. The molecule has 1 saturated heterocycles. The van der Waals surface area contributed by atoms with Crippen molar-refractivity contribution in [1.29, 1.82) is 0 Å². The van der Waals surface area contributed by atoms with Gasteiger partial charge in [0.05, 0.1) is 5.92 Å². The van der Waals surface area contributed by atoms with Crippen LogP contribution in [0.5, 0.6) is 0 Å². The standard InChI is InChI=1S/C22H37F3N2O3/c1-15(2)27(20(29)30-21(3,4)5)14-16-9-8-12-26(13-16)19(28)17-10-6-7-11-18(17)22(23,24)25/h15-18H,6-14H2,1-5H3. The maximum absolute atomic E-state index is 13.5. The van der Waals surface area contributed by atoms with E-state index in [0.29, 0.717) is 38.9 Å². The molecule has 1 saturated carbocycles. The summed E-state index contributed by atoms with van der Waals surface area (Å²) in [6.45, 7) is 10.6. The predicted octanol–water partition coefficient (Wildman–Crippen LogP) is 5.24. The number of ether oxygens (including phenoxy) is 1. The van der Waals surface area contributed by atoms with E-state index in [4.69, 9.17) is 4.74 Å². The van der Waals surface area contributed by atoms with Crippen molar-refractivity contribution in [1.82, 2.24) is 9.80 Å². The lowest BCUT2D eigenvalue weighted by molar-refractivity contribution is -0.201. The maximum atomic E-state index is 13.5. The van der Waals surface area contributed by atoms with Gasteiger partial charge in [-0.1, -0.05) is 12.8 Å². The number of rotatable bonds is 4. The molecule has 8 heteroatoms. The highest BCUT2D eigenvalue weighted by Gasteiger charge is 2.49. The van der Waals surface area contributed by atoms with Gasteiger partial charge in [0.15, 0.2) is 0 Å². The molecule has 0 radical (unpaired) electrons.